The fraction of sp³-hybridized carbons (Fsp3) is 0.0455. The third-order valence-corrected chi connectivity index (χ3v) is 4.26. The maximum atomic E-state index is 9.75. The number of hydrogen-bond acceptors (Lipinski definition) is 5. The van der Waals surface area contributed by atoms with Gasteiger partial charge in [-0.05, 0) is 53.6 Å². The van der Waals surface area contributed by atoms with Crippen LogP contribution >= 0.6 is 0 Å². The Balaban J connectivity index is 1.80. The first kappa shape index (κ1) is 16.7. The van der Waals surface area contributed by atoms with Gasteiger partial charge >= 0.3 is 0 Å². The van der Waals surface area contributed by atoms with Gasteiger partial charge in [0.1, 0.15) is 11.6 Å². The van der Waals surface area contributed by atoms with Crippen molar-refractivity contribution in [3.05, 3.63) is 79.3 Å². The van der Waals surface area contributed by atoms with Crippen molar-refractivity contribution in [2.75, 3.05) is 12.4 Å². The van der Waals surface area contributed by atoms with Crippen molar-refractivity contribution in [1.29, 1.82) is 0 Å². The average molecular weight is 354 g/mol. The van der Waals surface area contributed by atoms with Gasteiger partial charge in [0.2, 0.25) is 0 Å². The zero-order valence-corrected chi connectivity index (χ0v) is 14.8. The van der Waals surface area contributed by atoms with E-state index in [9.17, 15) is 5.11 Å². The van der Waals surface area contributed by atoms with E-state index in [4.69, 9.17) is 0 Å². The molecule has 0 bridgehead atoms. The van der Waals surface area contributed by atoms with Crippen molar-refractivity contribution in [2.24, 2.45) is 0 Å². The normalized spacial score (nSPS) is 10.6. The Labute approximate surface area is 157 Å². The third kappa shape index (κ3) is 3.62. The molecule has 1 aromatic carbocycles. The number of phenolic OH excluding ortho intramolecular Hbond substituents is 1. The Kier molecular flexibility index (Phi) is 4.49. The summed E-state index contributed by atoms with van der Waals surface area (Å²) < 4.78 is 0. The molecule has 27 heavy (non-hydrogen) atoms. The molecular formula is C22H18N4O. The number of aromatic nitrogens is 3. The van der Waals surface area contributed by atoms with Crippen molar-refractivity contribution in [3.8, 4) is 39.4 Å². The van der Waals surface area contributed by atoms with E-state index in [1.807, 2.05) is 55.7 Å². The number of rotatable bonds is 4. The minimum Gasteiger partial charge on any atom is -0.508 e. The summed E-state index contributed by atoms with van der Waals surface area (Å²) in [5, 5.41) is 12.9. The van der Waals surface area contributed by atoms with Gasteiger partial charge in [-0.1, -0.05) is 18.2 Å². The second-order valence-electron chi connectivity index (χ2n) is 6.10. The zero-order chi connectivity index (χ0) is 18.6. The van der Waals surface area contributed by atoms with Crippen LogP contribution < -0.4 is 5.32 Å². The average Bonchev–Trinajstić information content (AvgIpc) is 2.74. The van der Waals surface area contributed by atoms with Crippen LogP contribution in [0.5, 0.6) is 5.75 Å². The lowest BCUT2D eigenvalue weighted by atomic mass is 10.0. The number of nitrogens with zero attached hydrogens (tertiary/aromatic N) is 3. The van der Waals surface area contributed by atoms with Crippen LogP contribution in [0.3, 0.4) is 0 Å². The molecular weight excluding hydrogens is 336 g/mol. The van der Waals surface area contributed by atoms with Crippen molar-refractivity contribution in [2.45, 2.75) is 0 Å². The smallest absolute Gasteiger partial charge is 0.127 e. The van der Waals surface area contributed by atoms with E-state index in [-0.39, 0.29) is 5.75 Å². The maximum Gasteiger partial charge on any atom is 0.127 e. The number of pyridine rings is 3. The third-order valence-electron chi connectivity index (χ3n) is 4.26. The molecule has 0 unspecified atom stereocenters. The molecule has 0 spiro atoms. The summed E-state index contributed by atoms with van der Waals surface area (Å²) in [5.74, 6) is 0.993. The standard InChI is InChI=1S/C22H18N4O/c1-23-22-12-16(11-21(26-22)20-7-2-3-8-25-20)18-9-17(13-24-14-18)15-5-4-6-19(27)10-15/h2-14,27H,1H3,(H,23,26). The Morgan fingerprint density at radius 2 is 1.63 bits per heavy atom. The van der Waals surface area contributed by atoms with Crippen LogP contribution in [0.2, 0.25) is 0 Å². The Morgan fingerprint density at radius 1 is 0.778 bits per heavy atom. The van der Waals surface area contributed by atoms with Crippen molar-refractivity contribution < 1.29 is 5.11 Å². The van der Waals surface area contributed by atoms with E-state index < -0.39 is 0 Å². The van der Waals surface area contributed by atoms with Crippen molar-refractivity contribution >= 4 is 5.82 Å². The van der Waals surface area contributed by atoms with Gasteiger partial charge in [-0.2, -0.15) is 0 Å². The van der Waals surface area contributed by atoms with Crippen LogP contribution in [0.1, 0.15) is 0 Å². The van der Waals surface area contributed by atoms with E-state index in [1.54, 1.807) is 24.5 Å². The molecule has 132 valence electrons. The molecule has 0 fully saturated rings. The molecule has 0 amide bonds. The molecule has 3 aromatic heterocycles. The highest BCUT2D eigenvalue weighted by molar-refractivity contribution is 5.76. The van der Waals surface area contributed by atoms with E-state index in [2.05, 4.69) is 26.3 Å². The van der Waals surface area contributed by atoms with Crippen LogP contribution in [0.25, 0.3) is 33.6 Å². The fourth-order valence-corrected chi connectivity index (χ4v) is 2.91. The van der Waals surface area contributed by atoms with Crippen LogP contribution in [0.15, 0.2) is 79.3 Å². The Hall–Kier alpha value is -3.73. The molecule has 5 heteroatoms. The minimum atomic E-state index is 0.233. The van der Waals surface area contributed by atoms with Crippen LogP contribution in [-0.2, 0) is 0 Å². The molecule has 0 saturated carbocycles. The summed E-state index contributed by atoms with van der Waals surface area (Å²) in [4.78, 5) is 13.4. The van der Waals surface area contributed by atoms with E-state index in [1.165, 1.54) is 0 Å². The van der Waals surface area contributed by atoms with Crippen molar-refractivity contribution in [3.63, 3.8) is 0 Å². The van der Waals surface area contributed by atoms with Gasteiger partial charge in [-0.15, -0.1) is 0 Å². The van der Waals surface area contributed by atoms with Gasteiger partial charge in [0, 0.05) is 36.8 Å². The first-order valence-corrected chi connectivity index (χ1v) is 8.59. The largest absolute Gasteiger partial charge is 0.508 e. The van der Waals surface area contributed by atoms with Gasteiger partial charge in [0.05, 0.1) is 11.4 Å². The number of aromatic hydroxyl groups is 1. The Bertz CT molecular complexity index is 1080. The topological polar surface area (TPSA) is 70.9 Å². The number of nitrogens with one attached hydrogen (secondary N) is 1. The van der Waals surface area contributed by atoms with Gasteiger partial charge in [0.25, 0.3) is 0 Å². The molecule has 4 rings (SSSR count). The number of phenols is 1. The number of benzene rings is 1. The second-order valence-corrected chi connectivity index (χ2v) is 6.10. The summed E-state index contributed by atoms with van der Waals surface area (Å²) in [5.41, 5.74) is 5.41. The Morgan fingerprint density at radius 3 is 2.37 bits per heavy atom. The zero-order valence-electron chi connectivity index (χ0n) is 14.8. The molecule has 4 aromatic rings. The minimum absolute atomic E-state index is 0.233. The summed E-state index contributed by atoms with van der Waals surface area (Å²) in [6, 6.07) is 19.0. The molecule has 0 radical (unpaired) electrons. The second kappa shape index (κ2) is 7.25. The summed E-state index contributed by atoms with van der Waals surface area (Å²) in [6.45, 7) is 0. The van der Waals surface area contributed by atoms with Crippen LogP contribution in [0.4, 0.5) is 5.82 Å². The molecule has 0 aliphatic heterocycles. The van der Waals surface area contributed by atoms with Gasteiger partial charge in [-0.3, -0.25) is 9.97 Å². The lowest BCUT2D eigenvalue weighted by Crippen LogP contribution is -1.96. The lowest BCUT2D eigenvalue weighted by molar-refractivity contribution is 0.475. The monoisotopic (exact) mass is 354 g/mol. The lowest BCUT2D eigenvalue weighted by Gasteiger charge is -2.10. The molecule has 2 N–H and O–H groups in total. The summed E-state index contributed by atoms with van der Waals surface area (Å²) in [7, 11) is 1.84. The summed E-state index contributed by atoms with van der Waals surface area (Å²) in [6.07, 6.45) is 5.37. The first-order chi connectivity index (χ1) is 13.2. The number of anilines is 1. The van der Waals surface area contributed by atoms with E-state index in [0.717, 1.165) is 39.5 Å². The maximum absolute atomic E-state index is 9.75. The molecule has 0 atom stereocenters. The molecule has 0 aliphatic carbocycles. The predicted molar refractivity (Wildman–Crippen MR) is 107 cm³/mol. The quantitative estimate of drug-likeness (QED) is 0.559. The molecule has 3 heterocycles. The molecule has 0 saturated heterocycles. The van der Waals surface area contributed by atoms with E-state index >= 15 is 0 Å². The fourth-order valence-electron chi connectivity index (χ4n) is 2.91. The van der Waals surface area contributed by atoms with E-state index in [0.29, 0.717) is 0 Å². The highest BCUT2D eigenvalue weighted by Crippen LogP contribution is 2.30. The van der Waals surface area contributed by atoms with Crippen LogP contribution in [0, 0.1) is 0 Å². The SMILES string of the molecule is CNc1cc(-c2cncc(-c3cccc(O)c3)c2)cc(-c2ccccn2)n1. The number of hydrogen-bond donors (Lipinski definition) is 2. The van der Waals surface area contributed by atoms with Crippen LogP contribution in [-0.4, -0.2) is 27.1 Å². The van der Waals surface area contributed by atoms with Gasteiger partial charge < -0.3 is 10.4 Å². The highest BCUT2D eigenvalue weighted by Gasteiger charge is 2.09. The highest BCUT2D eigenvalue weighted by atomic mass is 16.3. The van der Waals surface area contributed by atoms with Crippen molar-refractivity contribution in [1.82, 2.24) is 15.0 Å². The van der Waals surface area contributed by atoms with Gasteiger partial charge in [-0.25, -0.2) is 4.98 Å². The predicted octanol–water partition coefficient (Wildman–Crippen LogP) is 4.62. The first-order valence-electron chi connectivity index (χ1n) is 8.59. The molecule has 5 nitrogen and oxygen atoms in total. The molecule has 0 aliphatic rings. The summed E-state index contributed by atoms with van der Waals surface area (Å²) >= 11 is 0. The van der Waals surface area contributed by atoms with Gasteiger partial charge in [0.15, 0.2) is 0 Å².